The number of ether oxygens (including phenoxy) is 1. The van der Waals surface area contributed by atoms with E-state index in [2.05, 4.69) is 5.32 Å². The van der Waals surface area contributed by atoms with Gasteiger partial charge in [-0.15, -0.1) is 0 Å². The van der Waals surface area contributed by atoms with Gasteiger partial charge in [-0.1, -0.05) is 39.8 Å². The Kier molecular flexibility index (Phi) is 5.45. The van der Waals surface area contributed by atoms with Crippen molar-refractivity contribution in [2.24, 2.45) is 5.41 Å². The molecule has 0 saturated heterocycles. The molecule has 0 saturated carbocycles. The van der Waals surface area contributed by atoms with E-state index in [0.29, 0.717) is 12.6 Å². The number of halogens is 3. The lowest BCUT2D eigenvalue weighted by atomic mass is 9.94. The number of hydrogen-bond acceptors (Lipinski definition) is 2. The summed E-state index contributed by atoms with van der Waals surface area (Å²) in [5.74, 6) is -0.113. The van der Waals surface area contributed by atoms with Crippen LogP contribution in [0.15, 0.2) is 24.3 Å². The average Bonchev–Trinajstić information content (AvgIpc) is 2.34. The van der Waals surface area contributed by atoms with Crippen LogP contribution >= 0.6 is 0 Å². The van der Waals surface area contributed by atoms with Crippen molar-refractivity contribution < 1.29 is 17.9 Å². The molecule has 5 heteroatoms. The molecule has 1 rings (SSSR count). The van der Waals surface area contributed by atoms with E-state index in [-0.39, 0.29) is 17.8 Å². The summed E-state index contributed by atoms with van der Waals surface area (Å²) in [5.41, 5.74) is -0.976. The average molecular weight is 289 g/mol. The highest BCUT2D eigenvalue weighted by molar-refractivity contribution is 5.35. The Balaban J connectivity index is 2.70. The first kappa shape index (κ1) is 16.8. The number of hydrogen-bond donors (Lipinski definition) is 1. The van der Waals surface area contributed by atoms with Gasteiger partial charge in [-0.2, -0.15) is 13.2 Å². The van der Waals surface area contributed by atoms with Crippen LogP contribution in [0.3, 0.4) is 0 Å². The maximum absolute atomic E-state index is 12.8. The van der Waals surface area contributed by atoms with Gasteiger partial charge in [0.2, 0.25) is 0 Å². The molecule has 2 nitrogen and oxygen atoms in total. The molecule has 0 atom stereocenters. The molecule has 0 aliphatic carbocycles. The van der Waals surface area contributed by atoms with Gasteiger partial charge in [-0.3, -0.25) is 0 Å². The van der Waals surface area contributed by atoms with Gasteiger partial charge >= 0.3 is 6.18 Å². The Hall–Kier alpha value is -1.23. The maximum atomic E-state index is 12.8. The van der Waals surface area contributed by atoms with E-state index in [1.165, 1.54) is 12.1 Å². The first-order valence-electron chi connectivity index (χ1n) is 6.64. The zero-order chi connectivity index (χ0) is 15.4. The van der Waals surface area contributed by atoms with Crippen molar-refractivity contribution in [1.82, 2.24) is 5.32 Å². The van der Waals surface area contributed by atoms with Gasteiger partial charge in [-0.05, 0) is 12.1 Å². The minimum atomic E-state index is -4.39. The predicted octanol–water partition coefficient (Wildman–Crippen LogP) is 4.11. The van der Waals surface area contributed by atoms with E-state index in [4.69, 9.17) is 4.74 Å². The summed E-state index contributed by atoms with van der Waals surface area (Å²) in [5, 5.41) is 3.26. The van der Waals surface area contributed by atoms with Crippen LogP contribution in [0.4, 0.5) is 13.2 Å². The van der Waals surface area contributed by atoms with Crippen molar-refractivity contribution in [2.75, 3.05) is 13.2 Å². The fourth-order valence-electron chi connectivity index (χ4n) is 1.63. The SMILES string of the molecule is CC(C)NCC(C)(C)COc1ccccc1C(F)(F)F. The third-order valence-electron chi connectivity index (χ3n) is 2.80. The molecule has 0 fully saturated rings. The van der Waals surface area contributed by atoms with Crippen LogP contribution in [-0.2, 0) is 6.18 Å². The first-order valence-corrected chi connectivity index (χ1v) is 6.64. The van der Waals surface area contributed by atoms with E-state index in [9.17, 15) is 13.2 Å². The van der Waals surface area contributed by atoms with Gasteiger partial charge in [0.15, 0.2) is 0 Å². The van der Waals surface area contributed by atoms with Gasteiger partial charge in [0.05, 0.1) is 12.2 Å². The summed E-state index contributed by atoms with van der Waals surface area (Å²) in [7, 11) is 0. The third-order valence-corrected chi connectivity index (χ3v) is 2.80. The lowest BCUT2D eigenvalue weighted by Gasteiger charge is -2.27. The zero-order valence-electron chi connectivity index (χ0n) is 12.3. The van der Waals surface area contributed by atoms with Gasteiger partial charge in [-0.25, -0.2) is 0 Å². The summed E-state index contributed by atoms with van der Waals surface area (Å²) >= 11 is 0. The molecule has 114 valence electrons. The van der Waals surface area contributed by atoms with Crippen molar-refractivity contribution in [3.05, 3.63) is 29.8 Å². The Morgan fingerprint density at radius 1 is 1.15 bits per heavy atom. The van der Waals surface area contributed by atoms with Gasteiger partial charge in [0, 0.05) is 18.0 Å². The van der Waals surface area contributed by atoms with E-state index in [1.54, 1.807) is 6.07 Å². The fraction of sp³-hybridized carbons (Fsp3) is 0.600. The Labute approximate surface area is 118 Å². The van der Waals surface area contributed by atoms with Crippen molar-refractivity contribution in [1.29, 1.82) is 0 Å². The lowest BCUT2D eigenvalue weighted by molar-refractivity contribution is -0.139. The van der Waals surface area contributed by atoms with Gasteiger partial charge in [0.25, 0.3) is 0 Å². The summed E-state index contributed by atoms with van der Waals surface area (Å²) in [4.78, 5) is 0. The molecule has 0 unspecified atom stereocenters. The molecule has 0 radical (unpaired) electrons. The molecule has 1 aromatic rings. The molecule has 1 aromatic carbocycles. The normalized spacial score (nSPS) is 12.8. The van der Waals surface area contributed by atoms with Crippen molar-refractivity contribution in [3.8, 4) is 5.75 Å². The maximum Gasteiger partial charge on any atom is 0.419 e. The Bertz CT molecular complexity index is 427. The largest absolute Gasteiger partial charge is 0.492 e. The minimum absolute atomic E-state index is 0.113. The standard InChI is InChI=1S/C15H22F3NO/c1-11(2)19-9-14(3,4)10-20-13-8-6-5-7-12(13)15(16,17)18/h5-8,11,19H,9-10H2,1-4H3. The highest BCUT2D eigenvalue weighted by Gasteiger charge is 2.34. The topological polar surface area (TPSA) is 21.3 Å². The van der Waals surface area contributed by atoms with Crippen LogP contribution in [0.5, 0.6) is 5.75 Å². The molecule has 1 N–H and O–H groups in total. The Morgan fingerprint density at radius 2 is 1.75 bits per heavy atom. The molecule has 0 bridgehead atoms. The smallest absolute Gasteiger partial charge is 0.419 e. The monoisotopic (exact) mass is 289 g/mol. The molecule has 0 aliphatic heterocycles. The number of alkyl halides is 3. The third kappa shape index (κ3) is 5.41. The van der Waals surface area contributed by atoms with E-state index in [1.807, 2.05) is 27.7 Å². The number of rotatable bonds is 6. The second-order valence-electron chi connectivity index (χ2n) is 5.98. The van der Waals surface area contributed by atoms with Gasteiger partial charge < -0.3 is 10.1 Å². The number of nitrogens with one attached hydrogen (secondary N) is 1. The molecule has 0 aliphatic rings. The highest BCUT2D eigenvalue weighted by atomic mass is 19.4. The molecule has 20 heavy (non-hydrogen) atoms. The zero-order valence-corrected chi connectivity index (χ0v) is 12.3. The van der Waals surface area contributed by atoms with Crippen LogP contribution in [0, 0.1) is 5.41 Å². The van der Waals surface area contributed by atoms with Crippen molar-refractivity contribution in [3.63, 3.8) is 0 Å². The summed E-state index contributed by atoms with van der Waals surface area (Å²) in [6.45, 7) is 8.86. The Morgan fingerprint density at radius 3 is 2.30 bits per heavy atom. The number of para-hydroxylation sites is 1. The van der Waals surface area contributed by atoms with E-state index < -0.39 is 11.7 Å². The van der Waals surface area contributed by atoms with Crippen molar-refractivity contribution >= 4 is 0 Å². The quantitative estimate of drug-likeness (QED) is 0.851. The highest BCUT2D eigenvalue weighted by Crippen LogP contribution is 2.36. The second kappa shape index (κ2) is 6.48. The number of benzene rings is 1. The summed E-state index contributed by atoms with van der Waals surface area (Å²) in [6, 6.07) is 5.63. The van der Waals surface area contributed by atoms with Crippen LogP contribution in [0.25, 0.3) is 0 Å². The van der Waals surface area contributed by atoms with Crippen LogP contribution in [0.1, 0.15) is 33.3 Å². The lowest BCUT2D eigenvalue weighted by Crippen LogP contribution is -2.37. The predicted molar refractivity (Wildman–Crippen MR) is 73.9 cm³/mol. The summed E-state index contributed by atoms with van der Waals surface area (Å²) in [6.07, 6.45) is -4.39. The molecule has 0 amide bonds. The van der Waals surface area contributed by atoms with Crippen molar-refractivity contribution in [2.45, 2.75) is 39.9 Å². The van der Waals surface area contributed by atoms with Crippen LogP contribution in [-0.4, -0.2) is 19.2 Å². The van der Waals surface area contributed by atoms with E-state index in [0.717, 1.165) is 6.07 Å². The minimum Gasteiger partial charge on any atom is -0.492 e. The fourth-order valence-corrected chi connectivity index (χ4v) is 1.63. The van der Waals surface area contributed by atoms with Gasteiger partial charge in [0.1, 0.15) is 5.75 Å². The molecular weight excluding hydrogens is 267 g/mol. The van der Waals surface area contributed by atoms with E-state index >= 15 is 0 Å². The molecular formula is C15H22F3NO. The van der Waals surface area contributed by atoms with Crippen LogP contribution < -0.4 is 10.1 Å². The summed E-state index contributed by atoms with van der Waals surface area (Å²) < 4.78 is 43.9. The molecule has 0 spiro atoms. The molecule has 0 aromatic heterocycles. The molecule has 0 heterocycles. The second-order valence-corrected chi connectivity index (χ2v) is 5.98. The van der Waals surface area contributed by atoms with Crippen LogP contribution in [0.2, 0.25) is 0 Å². The first-order chi connectivity index (χ1) is 9.12.